The Balaban J connectivity index is 2.54. The molecule has 1 aromatic rings. The van der Waals surface area contributed by atoms with Crippen LogP contribution in [0.2, 0.25) is 0 Å². The van der Waals surface area contributed by atoms with Gasteiger partial charge in [-0.3, -0.25) is 4.79 Å². The van der Waals surface area contributed by atoms with E-state index in [0.29, 0.717) is 16.3 Å². The molecule has 1 rings (SSSR count). The maximum absolute atomic E-state index is 11.6. The number of nitrogens with two attached hydrogens (primary N) is 1. The van der Waals surface area contributed by atoms with Gasteiger partial charge in [-0.25, -0.2) is 0 Å². The normalized spacial score (nSPS) is 9.65. The van der Waals surface area contributed by atoms with Crippen LogP contribution in [-0.2, 0) is 0 Å². The van der Waals surface area contributed by atoms with Crippen molar-refractivity contribution in [2.24, 2.45) is 0 Å². The zero-order valence-corrected chi connectivity index (χ0v) is 11.1. The second-order valence-electron chi connectivity index (χ2n) is 3.03. The number of nitrogens with one attached hydrogen (secondary N) is 2. The topological polar surface area (TPSA) is 80.0 Å². The van der Waals surface area contributed by atoms with Crippen molar-refractivity contribution in [1.29, 1.82) is 0 Å². The Morgan fingerprint density at radius 2 is 2.47 bits per heavy atom. The first kappa shape index (κ1) is 13.7. The Morgan fingerprint density at radius 3 is 3.12 bits per heavy atom. The van der Waals surface area contributed by atoms with Crippen LogP contribution in [0.5, 0.6) is 0 Å². The van der Waals surface area contributed by atoms with Crippen molar-refractivity contribution < 1.29 is 4.79 Å². The van der Waals surface area contributed by atoms with E-state index in [1.165, 1.54) is 11.5 Å². The fraction of sp³-hybridized carbons (Fsp3) is 0.400. The molecule has 0 radical (unpaired) electrons. The van der Waals surface area contributed by atoms with Crippen LogP contribution in [0.4, 0.5) is 10.8 Å². The van der Waals surface area contributed by atoms with Crippen molar-refractivity contribution in [3.05, 3.63) is 5.56 Å². The third kappa shape index (κ3) is 3.84. The Morgan fingerprint density at radius 1 is 1.71 bits per heavy atom. The zero-order valence-electron chi connectivity index (χ0n) is 9.45. The molecule has 0 aliphatic rings. The van der Waals surface area contributed by atoms with Gasteiger partial charge >= 0.3 is 0 Å². The van der Waals surface area contributed by atoms with Gasteiger partial charge in [-0.15, -0.1) is 18.2 Å². The van der Waals surface area contributed by atoms with Gasteiger partial charge in [0.25, 0.3) is 5.91 Å². The monoisotopic (exact) mass is 270 g/mol. The van der Waals surface area contributed by atoms with Crippen molar-refractivity contribution in [3.63, 3.8) is 0 Å². The predicted octanol–water partition coefficient (Wildman–Crippen LogP) is 0.863. The van der Waals surface area contributed by atoms with Crippen LogP contribution in [-0.4, -0.2) is 35.4 Å². The first-order valence-corrected chi connectivity index (χ1v) is 6.85. The van der Waals surface area contributed by atoms with Gasteiger partial charge in [0.05, 0.1) is 5.75 Å². The molecule has 1 aromatic heterocycles. The minimum absolute atomic E-state index is 0.227. The van der Waals surface area contributed by atoms with E-state index in [-0.39, 0.29) is 11.7 Å². The summed E-state index contributed by atoms with van der Waals surface area (Å²) in [4.78, 5) is 11.6. The van der Waals surface area contributed by atoms with Gasteiger partial charge < -0.3 is 16.4 Å². The van der Waals surface area contributed by atoms with Gasteiger partial charge in [0.1, 0.15) is 10.6 Å². The number of carbonyl (C=O) groups is 1. The Hall–Kier alpha value is -1.39. The molecule has 1 heterocycles. The second-order valence-corrected chi connectivity index (χ2v) is 4.91. The fourth-order valence-electron chi connectivity index (χ4n) is 1.14. The molecule has 0 atom stereocenters. The highest BCUT2D eigenvalue weighted by molar-refractivity contribution is 7.99. The highest BCUT2D eigenvalue weighted by Gasteiger charge is 2.17. The summed E-state index contributed by atoms with van der Waals surface area (Å²) in [5.41, 5.74) is 6.05. The standard InChI is InChI=1S/C10H14N4OS2/c1-3-5-16-6-4-13-10-7(9(15)12-2)8(11)14-17-10/h1,13H,4-6H2,2H3,(H2,11,14)(H,12,15). The predicted molar refractivity (Wildman–Crippen MR) is 74.6 cm³/mol. The van der Waals surface area contributed by atoms with Crippen molar-refractivity contribution in [2.75, 3.05) is 36.1 Å². The quantitative estimate of drug-likeness (QED) is 0.528. The fourth-order valence-corrected chi connectivity index (χ4v) is 2.38. The largest absolute Gasteiger partial charge is 0.382 e. The van der Waals surface area contributed by atoms with Crippen LogP contribution in [0.3, 0.4) is 0 Å². The van der Waals surface area contributed by atoms with Crippen LogP contribution in [0, 0.1) is 12.3 Å². The van der Waals surface area contributed by atoms with E-state index in [9.17, 15) is 4.79 Å². The molecular weight excluding hydrogens is 256 g/mol. The lowest BCUT2D eigenvalue weighted by Gasteiger charge is -2.05. The summed E-state index contributed by atoms with van der Waals surface area (Å²) < 4.78 is 3.96. The molecule has 92 valence electrons. The van der Waals surface area contributed by atoms with Crippen LogP contribution >= 0.6 is 23.3 Å². The molecule has 0 aromatic carbocycles. The molecule has 5 nitrogen and oxygen atoms in total. The number of hydrogen-bond donors (Lipinski definition) is 3. The molecule has 0 aliphatic heterocycles. The van der Waals surface area contributed by atoms with Crippen molar-refractivity contribution in [2.45, 2.75) is 0 Å². The van der Waals surface area contributed by atoms with Gasteiger partial charge in [-0.1, -0.05) is 5.92 Å². The third-order valence-corrected chi connectivity index (χ3v) is 3.57. The van der Waals surface area contributed by atoms with Gasteiger partial charge in [0.15, 0.2) is 5.82 Å². The Kier molecular flexibility index (Phi) is 5.66. The van der Waals surface area contributed by atoms with E-state index in [1.54, 1.807) is 18.8 Å². The molecule has 0 bridgehead atoms. The molecule has 0 aliphatic carbocycles. The number of nitrogens with zero attached hydrogens (tertiary/aromatic N) is 1. The lowest BCUT2D eigenvalue weighted by atomic mass is 10.3. The van der Waals surface area contributed by atoms with E-state index < -0.39 is 0 Å². The number of nitrogen functional groups attached to an aromatic ring is 1. The van der Waals surface area contributed by atoms with Crippen molar-refractivity contribution in [3.8, 4) is 12.3 Å². The average Bonchev–Trinajstić information content (AvgIpc) is 2.69. The smallest absolute Gasteiger partial charge is 0.257 e. The average molecular weight is 270 g/mol. The maximum Gasteiger partial charge on any atom is 0.257 e. The highest BCUT2D eigenvalue weighted by atomic mass is 32.2. The zero-order chi connectivity index (χ0) is 12.7. The molecule has 1 amide bonds. The minimum Gasteiger partial charge on any atom is -0.382 e. The first-order chi connectivity index (χ1) is 8.20. The molecule has 0 spiro atoms. The molecule has 4 N–H and O–H groups in total. The van der Waals surface area contributed by atoms with Crippen molar-refractivity contribution in [1.82, 2.24) is 9.69 Å². The Bertz CT molecular complexity index is 424. The summed E-state index contributed by atoms with van der Waals surface area (Å²) in [5, 5.41) is 6.37. The number of carbonyl (C=O) groups excluding carboxylic acids is 1. The molecule has 0 saturated carbocycles. The number of terminal acetylenes is 1. The molecule has 0 unspecified atom stereocenters. The van der Waals surface area contributed by atoms with Crippen molar-refractivity contribution >= 4 is 40.0 Å². The molecule has 7 heteroatoms. The summed E-state index contributed by atoms with van der Waals surface area (Å²) in [6.07, 6.45) is 5.14. The number of anilines is 2. The van der Waals surface area contributed by atoms with Crippen LogP contribution < -0.4 is 16.4 Å². The van der Waals surface area contributed by atoms with Gasteiger partial charge in [0, 0.05) is 19.3 Å². The van der Waals surface area contributed by atoms with Gasteiger partial charge in [0.2, 0.25) is 0 Å². The number of hydrogen-bond acceptors (Lipinski definition) is 6. The van der Waals surface area contributed by atoms with E-state index in [4.69, 9.17) is 12.2 Å². The molecular formula is C10H14N4OS2. The lowest BCUT2D eigenvalue weighted by Crippen LogP contribution is -2.20. The lowest BCUT2D eigenvalue weighted by molar-refractivity contribution is 0.0965. The summed E-state index contributed by atoms with van der Waals surface area (Å²) in [5.74, 6) is 4.14. The second kappa shape index (κ2) is 7.04. The summed E-state index contributed by atoms with van der Waals surface area (Å²) >= 11 is 2.84. The van der Waals surface area contributed by atoms with Crippen LogP contribution in [0.25, 0.3) is 0 Å². The Labute approximate surface area is 109 Å². The number of amides is 1. The van der Waals surface area contributed by atoms with Gasteiger partial charge in [-0.05, 0) is 11.5 Å². The summed E-state index contributed by atoms with van der Waals surface area (Å²) in [7, 11) is 1.56. The van der Waals surface area contributed by atoms with E-state index in [0.717, 1.165) is 12.3 Å². The minimum atomic E-state index is -0.227. The summed E-state index contributed by atoms with van der Waals surface area (Å²) in [6, 6.07) is 0. The van der Waals surface area contributed by atoms with Gasteiger partial charge in [-0.2, -0.15) is 4.37 Å². The molecule has 0 saturated heterocycles. The third-order valence-electron chi connectivity index (χ3n) is 1.89. The van der Waals surface area contributed by atoms with E-state index in [1.807, 2.05) is 0 Å². The maximum atomic E-state index is 11.6. The van der Waals surface area contributed by atoms with Crippen LogP contribution in [0.15, 0.2) is 0 Å². The number of aromatic nitrogens is 1. The number of thioether (sulfide) groups is 1. The highest BCUT2D eigenvalue weighted by Crippen LogP contribution is 2.26. The SMILES string of the molecule is C#CCSCCNc1snc(N)c1C(=O)NC. The van der Waals surface area contributed by atoms with E-state index in [2.05, 4.69) is 20.9 Å². The summed E-state index contributed by atoms with van der Waals surface area (Å²) in [6.45, 7) is 0.720. The first-order valence-electron chi connectivity index (χ1n) is 4.93. The van der Waals surface area contributed by atoms with E-state index >= 15 is 0 Å². The molecule has 0 fully saturated rings. The van der Waals surface area contributed by atoms with Crippen LogP contribution in [0.1, 0.15) is 10.4 Å². The molecule has 17 heavy (non-hydrogen) atoms. The number of rotatable bonds is 6.